The highest BCUT2D eigenvalue weighted by Crippen LogP contribution is 2.39. The van der Waals surface area contributed by atoms with Gasteiger partial charge in [-0.3, -0.25) is 0 Å². The van der Waals surface area contributed by atoms with Gasteiger partial charge in [-0.1, -0.05) is 24.3 Å². The van der Waals surface area contributed by atoms with Crippen molar-refractivity contribution in [1.29, 1.82) is 5.26 Å². The van der Waals surface area contributed by atoms with Gasteiger partial charge in [0.2, 0.25) is 0 Å². The first-order chi connectivity index (χ1) is 8.38. The molecule has 2 aromatic carbocycles. The van der Waals surface area contributed by atoms with Gasteiger partial charge < -0.3 is 4.18 Å². The third-order valence-electron chi connectivity index (χ3n) is 2.78. The number of hydrogen-bond acceptors (Lipinski definition) is 3. The lowest BCUT2D eigenvalue weighted by molar-refractivity contribution is 0.650. The Kier molecular flexibility index (Phi) is 2.50. The SMILES string of the molecule is N#Cc1ccc2c(c1)-c1ccccc1CSO2. The Hall–Kier alpha value is -1.92. The number of benzene rings is 2. The van der Waals surface area contributed by atoms with Crippen LogP contribution >= 0.6 is 12.0 Å². The van der Waals surface area contributed by atoms with Gasteiger partial charge in [-0.25, -0.2) is 0 Å². The normalized spacial score (nSPS) is 12.6. The summed E-state index contributed by atoms with van der Waals surface area (Å²) >= 11 is 1.43. The van der Waals surface area contributed by atoms with Crippen molar-refractivity contribution in [1.82, 2.24) is 0 Å². The first kappa shape index (κ1) is 10.2. The van der Waals surface area contributed by atoms with E-state index >= 15 is 0 Å². The minimum Gasteiger partial charge on any atom is -0.425 e. The smallest absolute Gasteiger partial charge is 0.145 e. The molecule has 0 atom stereocenters. The molecule has 0 unspecified atom stereocenters. The van der Waals surface area contributed by atoms with E-state index in [4.69, 9.17) is 9.44 Å². The van der Waals surface area contributed by atoms with Gasteiger partial charge in [-0.15, -0.1) is 0 Å². The van der Waals surface area contributed by atoms with E-state index in [9.17, 15) is 0 Å². The molecule has 0 saturated carbocycles. The van der Waals surface area contributed by atoms with E-state index in [1.807, 2.05) is 24.3 Å². The summed E-state index contributed by atoms with van der Waals surface area (Å²) in [4.78, 5) is 0. The lowest BCUT2D eigenvalue weighted by Crippen LogP contribution is -1.86. The van der Waals surface area contributed by atoms with E-state index in [2.05, 4.69) is 18.2 Å². The molecule has 0 N–H and O–H groups in total. The molecule has 1 aliphatic rings. The molecule has 0 bridgehead atoms. The third-order valence-corrected chi connectivity index (χ3v) is 3.51. The zero-order chi connectivity index (χ0) is 11.7. The fourth-order valence-corrected chi connectivity index (χ4v) is 2.66. The Morgan fingerprint density at radius 3 is 2.88 bits per heavy atom. The highest BCUT2D eigenvalue weighted by atomic mass is 32.2. The molecule has 2 aromatic rings. The second-order valence-electron chi connectivity index (χ2n) is 3.83. The zero-order valence-corrected chi connectivity index (χ0v) is 9.83. The van der Waals surface area contributed by atoms with Crippen LogP contribution in [0.25, 0.3) is 11.1 Å². The van der Waals surface area contributed by atoms with Crippen molar-refractivity contribution in [3.63, 3.8) is 0 Å². The Labute approximate surface area is 104 Å². The molecule has 0 amide bonds. The van der Waals surface area contributed by atoms with Gasteiger partial charge in [0, 0.05) is 5.56 Å². The summed E-state index contributed by atoms with van der Waals surface area (Å²) in [7, 11) is 0. The van der Waals surface area contributed by atoms with Crippen LogP contribution in [0.4, 0.5) is 0 Å². The molecule has 3 rings (SSSR count). The van der Waals surface area contributed by atoms with Crippen molar-refractivity contribution in [2.75, 3.05) is 0 Å². The summed E-state index contributed by atoms with van der Waals surface area (Å²) in [6.45, 7) is 0. The molecule has 0 saturated heterocycles. The van der Waals surface area contributed by atoms with E-state index in [-0.39, 0.29) is 0 Å². The topological polar surface area (TPSA) is 33.0 Å². The van der Waals surface area contributed by atoms with Crippen LogP contribution in [-0.4, -0.2) is 0 Å². The van der Waals surface area contributed by atoms with Crippen LogP contribution in [-0.2, 0) is 5.75 Å². The van der Waals surface area contributed by atoms with Crippen molar-refractivity contribution < 1.29 is 4.18 Å². The maximum Gasteiger partial charge on any atom is 0.145 e. The van der Waals surface area contributed by atoms with E-state index in [0.717, 1.165) is 22.6 Å². The van der Waals surface area contributed by atoms with Gasteiger partial charge in [-0.05, 0) is 29.3 Å². The van der Waals surface area contributed by atoms with Gasteiger partial charge in [0.05, 0.1) is 29.4 Å². The average Bonchev–Trinajstić information content (AvgIpc) is 2.57. The second-order valence-corrected chi connectivity index (χ2v) is 4.52. The molecule has 3 heteroatoms. The fourth-order valence-electron chi connectivity index (χ4n) is 1.95. The lowest BCUT2D eigenvalue weighted by Gasteiger charge is -2.07. The van der Waals surface area contributed by atoms with Crippen molar-refractivity contribution >= 4 is 12.0 Å². The molecule has 82 valence electrons. The Balaban J connectivity index is 2.27. The average molecular weight is 239 g/mol. The zero-order valence-electron chi connectivity index (χ0n) is 9.01. The van der Waals surface area contributed by atoms with Gasteiger partial charge in [0.25, 0.3) is 0 Å². The predicted molar refractivity (Wildman–Crippen MR) is 68.5 cm³/mol. The van der Waals surface area contributed by atoms with Crippen LogP contribution in [0.5, 0.6) is 5.75 Å². The summed E-state index contributed by atoms with van der Waals surface area (Å²) in [5.74, 6) is 1.66. The summed E-state index contributed by atoms with van der Waals surface area (Å²) in [5.41, 5.74) is 4.06. The van der Waals surface area contributed by atoms with Crippen LogP contribution in [0.3, 0.4) is 0 Å². The summed E-state index contributed by atoms with van der Waals surface area (Å²) < 4.78 is 5.64. The monoisotopic (exact) mass is 239 g/mol. The van der Waals surface area contributed by atoms with Crippen LogP contribution < -0.4 is 4.18 Å². The molecule has 0 aromatic heterocycles. The summed E-state index contributed by atoms with van der Waals surface area (Å²) in [5, 5.41) is 8.96. The minimum atomic E-state index is 0.661. The molecule has 1 heterocycles. The van der Waals surface area contributed by atoms with Gasteiger partial charge in [0.15, 0.2) is 0 Å². The number of fused-ring (bicyclic) bond motifs is 3. The van der Waals surface area contributed by atoms with Gasteiger partial charge >= 0.3 is 0 Å². The maximum atomic E-state index is 8.96. The fraction of sp³-hybridized carbons (Fsp3) is 0.0714. The molecule has 0 aliphatic carbocycles. The van der Waals surface area contributed by atoms with E-state index < -0.39 is 0 Å². The Morgan fingerprint density at radius 1 is 1.12 bits per heavy atom. The molecule has 17 heavy (non-hydrogen) atoms. The first-order valence-electron chi connectivity index (χ1n) is 5.30. The van der Waals surface area contributed by atoms with Crippen LogP contribution in [0.2, 0.25) is 0 Å². The predicted octanol–water partition coefficient (Wildman–Crippen LogP) is 3.77. The largest absolute Gasteiger partial charge is 0.425 e. The molecule has 1 aliphatic heterocycles. The minimum absolute atomic E-state index is 0.661. The first-order valence-corrected chi connectivity index (χ1v) is 6.21. The standard InChI is InChI=1S/C14H9NOS/c15-8-10-5-6-14-13(7-10)12-4-2-1-3-11(12)9-17-16-14/h1-7H,9H2. The van der Waals surface area contributed by atoms with Crippen molar-refractivity contribution in [3.8, 4) is 22.9 Å². The van der Waals surface area contributed by atoms with E-state index in [0.29, 0.717) is 5.56 Å². The van der Waals surface area contributed by atoms with Crippen LogP contribution in [0, 0.1) is 11.3 Å². The molecule has 0 fully saturated rings. The number of hydrogen-bond donors (Lipinski definition) is 0. The van der Waals surface area contributed by atoms with Crippen LogP contribution in [0.1, 0.15) is 11.1 Å². The highest BCUT2D eigenvalue weighted by molar-refractivity contribution is 7.94. The second kappa shape index (κ2) is 4.15. The summed E-state index contributed by atoms with van der Waals surface area (Å²) in [6.07, 6.45) is 0. The Morgan fingerprint density at radius 2 is 2.00 bits per heavy atom. The van der Waals surface area contributed by atoms with Crippen LogP contribution in [0.15, 0.2) is 42.5 Å². The maximum absolute atomic E-state index is 8.96. The summed E-state index contributed by atoms with van der Waals surface area (Å²) in [6, 6.07) is 15.9. The molecule has 2 nitrogen and oxygen atoms in total. The third kappa shape index (κ3) is 1.77. The Bertz CT molecular complexity index is 616. The van der Waals surface area contributed by atoms with E-state index in [1.165, 1.54) is 17.6 Å². The number of nitriles is 1. The number of rotatable bonds is 0. The van der Waals surface area contributed by atoms with Crippen molar-refractivity contribution in [2.45, 2.75) is 5.75 Å². The molecule has 0 spiro atoms. The quantitative estimate of drug-likeness (QED) is 0.656. The molecular weight excluding hydrogens is 230 g/mol. The van der Waals surface area contributed by atoms with E-state index in [1.54, 1.807) is 6.07 Å². The lowest BCUT2D eigenvalue weighted by atomic mass is 9.98. The highest BCUT2D eigenvalue weighted by Gasteiger charge is 2.15. The van der Waals surface area contributed by atoms with Gasteiger partial charge in [-0.2, -0.15) is 5.26 Å². The van der Waals surface area contributed by atoms with Gasteiger partial charge in [0.1, 0.15) is 5.75 Å². The van der Waals surface area contributed by atoms with Crippen molar-refractivity contribution in [3.05, 3.63) is 53.6 Å². The molecular formula is C14H9NOS. The molecule has 0 radical (unpaired) electrons. The number of nitrogens with zero attached hydrogens (tertiary/aromatic N) is 1. The van der Waals surface area contributed by atoms with Crippen molar-refractivity contribution in [2.24, 2.45) is 0 Å².